The van der Waals surface area contributed by atoms with Crippen LogP contribution in [0.1, 0.15) is 0 Å². The Hall–Kier alpha value is -1.78. The molecule has 15 nitrogen and oxygen atoms in total. The number of nitrogens with zero attached hydrogens (tertiary/aromatic N) is 6. The minimum atomic E-state index is -1.75. The summed E-state index contributed by atoms with van der Waals surface area (Å²) >= 11 is 0. The van der Waals surface area contributed by atoms with Gasteiger partial charge in [0.1, 0.15) is 0 Å². The summed E-state index contributed by atoms with van der Waals surface area (Å²) in [4.78, 5) is 38.2. The van der Waals surface area contributed by atoms with Gasteiger partial charge >= 0.3 is 57.5 Å². The standard InChI is InChI=1S/C2N4O3.2NO3.Sr/c7-2-3-1(4-5-2)6(8)9;2*2-1(3)4;/q;2*-1;+2. The maximum Gasteiger partial charge on any atom is 2.00 e. The zero-order valence-corrected chi connectivity index (χ0v) is 11.5. The van der Waals surface area contributed by atoms with Crippen LogP contribution in [-0.2, 0) is 0 Å². The third-order valence-corrected chi connectivity index (χ3v) is 0.584. The van der Waals surface area contributed by atoms with Crippen molar-refractivity contribution in [1.29, 1.82) is 0 Å². The second-order valence-electron chi connectivity index (χ2n) is 1.60. The zero-order chi connectivity index (χ0) is 14.0. The minimum absolute atomic E-state index is 0. The van der Waals surface area contributed by atoms with Crippen molar-refractivity contribution in [1.82, 2.24) is 0 Å². The Bertz CT molecular complexity index is 369. The first-order valence-electron chi connectivity index (χ1n) is 2.98. The molecule has 1 aliphatic heterocycles. The molecule has 18 heavy (non-hydrogen) atoms. The summed E-state index contributed by atoms with van der Waals surface area (Å²) in [6.45, 7) is 0. The largest absolute Gasteiger partial charge is 2.00 e. The van der Waals surface area contributed by atoms with Crippen LogP contribution in [0.5, 0.6) is 0 Å². The molecule has 0 saturated heterocycles. The van der Waals surface area contributed by atoms with E-state index in [1.165, 1.54) is 0 Å². The van der Waals surface area contributed by atoms with Crippen molar-refractivity contribution in [2.75, 3.05) is 0 Å². The first kappa shape index (κ1) is 21.5. The van der Waals surface area contributed by atoms with E-state index in [1.54, 1.807) is 0 Å². The number of nitro groups is 1. The first-order chi connectivity index (χ1) is 7.66. The van der Waals surface area contributed by atoms with E-state index in [0.29, 0.717) is 0 Å². The molecule has 2 amide bonds. The Morgan fingerprint density at radius 3 is 1.28 bits per heavy atom. The van der Waals surface area contributed by atoms with Crippen LogP contribution in [0, 0.1) is 40.8 Å². The normalized spacial score (nSPS) is 10.7. The molecule has 16 heteroatoms. The molecule has 0 bridgehead atoms. The number of urea groups is 1. The SMILES string of the molecule is O=C1N=NC([N+](=O)[O-])=N1.O=[N+]([O-])[O-].O=[N+]([O-])[O-].[Sr+2]. The number of aliphatic imine (C=N–C) groups is 1. The number of guanidine groups is 1. The summed E-state index contributed by atoms with van der Waals surface area (Å²) < 4.78 is 0. The van der Waals surface area contributed by atoms with Gasteiger partial charge in [0.2, 0.25) is 0 Å². The van der Waals surface area contributed by atoms with Gasteiger partial charge in [-0.15, -0.1) is 0 Å². The molecule has 1 rings (SSSR count). The molecule has 94 valence electrons. The van der Waals surface area contributed by atoms with Crippen LogP contribution < -0.4 is 0 Å². The topological polar surface area (TPSA) is 230 Å². The van der Waals surface area contributed by atoms with E-state index in [4.69, 9.17) is 30.6 Å². The van der Waals surface area contributed by atoms with Gasteiger partial charge in [-0.25, -0.2) is 4.79 Å². The number of carbonyl (C=O) groups is 1. The summed E-state index contributed by atoms with van der Waals surface area (Å²) in [5.74, 6) is -0.750. The van der Waals surface area contributed by atoms with Crippen molar-refractivity contribution in [2.24, 2.45) is 15.2 Å². The molecule has 0 aromatic heterocycles. The molecular formula is C2N6O9Sr. The first-order valence-corrected chi connectivity index (χ1v) is 2.98. The summed E-state index contributed by atoms with van der Waals surface area (Å²) in [5.41, 5.74) is 0. The van der Waals surface area contributed by atoms with Gasteiger partial charge in [0.15, 0.2) is 0 Å². The van der Waals surface area contributed by atoms with E-state index in [9.17, 15) is 14.9 Å². The number of amides is 2. The van der Waals surface area contributed by atoms with E-state index in [2.05, 4.69) is 15.2 Å². The van der Waals surface area contributed by atoms with Gasteiger partial charge < -0.3 is 40.8 Å². The van der Waals surface area contributed by atoms with Gasteiger partial charge in [-0.1, -0.05) is 0 Å². The molecule has 0 aliphatic carbocycles. The fourth-order valence-electron chi connectivity index (χ4n) is 0.295. The Kier molecular flexibility index (Phi) is 14.0. The van der Waals surface area contributed by atoms with E-state index in [1.807, 2.05) is 0 Å². The van der Waals surface area contributed by atoms with E-state index in [0.717, 1.165) is 0 Å². The monoisotopic (exact) mass is 340 g/mol. The van der Waals surface area contributed by atoms with Crippen molar-refractivity contribution in [3.05, 3.63) is 40.8 Å². The third-order valence-electron chi connectivity index (χ3n) is 0.584. The van der Waals surface area contributed by atoms with E-state index >= 15 is 0 Å². The maximum absolute atomic E-state index is 10.0. The molecule has 1 heterocycles. The average molecular weight is 340 g/mol. The second-order valence-corrected chi connectivity index (χ2v) is 1.60. The summed E-state index contributed by atoms with van der Waals surface area (Å²) in [7, 11) is 0. The zero-order valence-electron chi connectivity index (χ0n) is 8.06. The van der Waals surface area contributed by atoms with Crippen LogP contribution in [0.3, 0.4) is 0 Å². The van der Waals surface area contributed by atoms with Crippen molar-refractivity contribution in [3.63, 3.8) is 0 Å². The molecule has 0 spiro atoms. The van der Waals surface area contributed by atoms with Gasteiger partial charge in [0, 0.05) is 10.1 Å². The van der Waals surface area contributed by atoms with Crippen molar-refractivity contribution < 1.29 is 19.9 Å². The predicted molar refractivity (Wildman–Crippen MR) is 51.2 cm³/mol. The summed E-state index contributed by atoms with van der Waals surface area (Å²) in [6.07, 6.45) is 0. The fourth-order valence-corrected chi connectivity index (χ4v) is 0.295. The molecule has 0 aromatic carbocycles. The Morgan fingerprint density at radius 2 is 1.17 bits per heavy atom. The van der Waals surface area contributed by atoms with Crippen LogP contribution in [0.2, 0.25) is 0 Å². The molecule has 0 radical (unpaired) electrons. The molecule has 1 aliphatic rings. The van der Waals surface area contributed by atoms with Crippen molar-refractivity contribution in [3.8, 4) is 0 Å². The quantitative estimate of drug-likeness (QED) is 0.309. The van der Waals surface area contributed by atoms with Gasteiger partial charge in [-0.05, 0) is 4.92 Å². The Labute approximate surface area is 132 Å². The van der Waals surface area contributed by atoms with Gasteiger partial charge in [0.25, 0.3) is 0 Å². The van der Waals surface area contributed by atoms with Crippen LogP contribution in [-0.4, -0.2) is 72.6 Å². The number of hydrogen-bond donors (Lipinski definition) is 0. The number of hydrogen-bond acceptors (Lipinski definition) is 10. The molecule has 0 aromatic rings. The predicted octanol–water partition coefficient (Wildman–Crippen LogP) is -0.654. The number of rotatable bonds is 0. The van der Waals surface area contributed by atoms with Crippen molar-refractivity contribution in [2.45, 2.75) is 0 Å². The second kappa shape index (κ2) is 11.7. The van der Waals surface area contributed by atoms with Gasteiger partial charge in [-0.3, -0.25) is 0 Å². The van der Waals surface area contributed by atoms with Crippen LogP contribution >= 0.6 is 0 Å². The Morgan fingerprint density at radius 1 is 0.833 bits per heavy atom. The van der Waals surface area contributed by atoms with Crippen LogP contribution in [0.15, 0.2) is 15.2 Å². The number of azo groups is 1. The molecule has 0 atom stereocenters. The smallest absolute Gasteiger partial charge is 0.390 e. The van der Waals surface area contributed by atoms with Crippen LogP contribution in [0.4, 0.5) is 4.79 Å². The maximum atomic E-state index is 10.0. The minimum Gasteiger partial charge on any atom is -0.390 e. The molecule has 0 saturated carbocycles. The molecule has 0 unspecified atom stereocenters. The van der Waals surface area contributed by atoms with Gasteiger partial charge in [-0.2, -0.15) is 0 Å². The van der Waals surface area contributed by atoms with Gasteiger partial charge in [0.05, 0.1) is 15.3 Å². The molecule has 0 N–H and O–H groups in total. The van der Waals surface area contributed by atoms with Crippen LogP contribution in [0.25, 0.3) is 0 Å². The third kappa shape index (κ3) is 19.7. The summed E-state index contributed by atoms with van der Waals surface area (Å²) in [5, 5.41) is 44.8. The van der Waals surface area contributed by atoms with E-state index < -0.39 is 27.1 Å². The Balaban J connectivity index is -0.000000214. The summed E-state index contributed by atoms with van der Waals surface area (Å²) in [6, 6.07) is -0.929. The fraction of sp³-hybridized carbons (Fsp3) is 0. The molecule has 0 fully saturated rings. The van der Waals surface area contributed by atoms with E-state index in [-0.39, 0.29) is 45.5 Å². The molecular weight excluding hydrogens is 340 g/mol. The average Bonchev–Trinajstić information content (AvgIpc) is 2.49. The number of carbonyl (C=O) groups excluding carboxylic acids is 1. The van der Waals surface area contributed by atoms with Crippen molar-refractivity contribution >= 4 is 57.5 Å².